The summed E-state index contributed by atoms with van der Waals surface area (Å²) in [6.07, 6.45) is 1.65. The van der Waals surface area contributed by atoms with Crippen molar-refractivity contribution in [2.75, 3.05) is 12.4 Å². The van der Waals surface area contributed by atoms with Gasteiger partial charge in [0.25, 0.3) is 0 Å². The van der Waals surface area contributed by atoms with Gasteiger partial charge < -0.3 is 20.2 Å². The molecule has 0 fully saturated rings. The summed E-state index contributed by atoms with van der Waals surface area (Å²) in [5, 5.41) is 3.08. The standard InChI is InChI=1S/C15H19N3O2/c1-11-7-8-20-14(11)9-17-15(16)18-13-6-4-3-5-12(13)10-19-2/h3-8H,9-10H2,1-2H3,(H3,16,17,18). The Kier molecular flexibility index (Phi) is 4.79. The van der Waals surface area contributed by atoms with Gasteiger partial charge in [-0.3, -0.25) is 0 Å². The van der Waals surface area contributed by atoms with Crippen LogP contribution in [0.1, 0.15) is 16.9 Å². The van der Waals surface area contributed by atoms with Crippen molar-refractivity contribution < 1.29 is 9.15 Å². The van der Waals surface area contributed by atoms with Crippen molar-refractivity contribution in [1.82, 2.24) is 0 Å². The summed E-state index contributed by atoms with van der Waals surface area (Å²) in [6, 6.07) is 9.72. The van der Waals surface area contributed by atoms with Crippen molar-refractivity contribution in [2.24, 2.45) is 10.7 Å². The zero-order valence-corrected chi connectivity index (χ0v) is 11.7. The number of hydrogen-bond acceptors (Lipinski definition) is 3. The van der Waals surface area contributed by atoms with Gasteiger partial charge in [-0.25, -0.2) is 4.99 Å². The molecule has 106 valence electrons. The number of guanidine groups is 1. The van der Waals surface area contributed by atoms with E-state index in [0.29, 0.717) is 19.1 Å². The van der Waals surface area contributed by atoms with Crippen LogP contribution in [0.5, 0.6) is 0 Å². The number of ether oxygens (including phenoxy) is 1. The van der Waals surface area contributed by atoms with Crippen molar-refractivity contribution >= 4 is 11.6 Å². The number of benzene rings is 1. The molecule has 0 saturated carbocycles. The van der Waals surface area contributed by atoms with E-state index in [-0.39, 0.29) is 0 Å². The SMILES string of the molecule is COCc1ccccc1NC(N)=NCc1occc1C. The molecule has 0 amide bonds. The lowest BCUT2D eigenvalue weighted by Gasteiger charge is -2.10. The summed E-state index contributed by atoms with van der Waals surface area (Å²) < 4.78 is 10.5. The van der Waals surface area contributed by atoms with E-state index in [9.17, 15) is 0 Å². The molecule has 0 aliphatic carbocycles. The summed E-state index contributed by atoms with van der Waals surface area (Å²) in [5.41, 5.74) is 8.89. The van der Waals surface area contributed by atoms with Crippen LogP contribution in [0.15, 0.2) is 46.0 Å². The molecule has 1 heterocycles. The van der Waals surface area contributed by atoms with Gasteiger partial charge >= 0.3 is 0 Å². The number of hydrogen-bond donors (Lipinski definition) is 2. The van der Waals surface area contributed by atoms with Gasteiger partial charge in [0, 0.05) is 18.4 Å². The first-order valence-corrected chi connectivity index (χ1v) is 6.37. The zero-order chi connectivity index (χ0) is 14.4. The number of aliphatic imine (C=N–C) groups is 1. The van der Waals surface area contributed by atoms with Crippen LogP contribution < -0.4 is 11.1 Å². The number of para-hydroxylation sites is 1. The van der Waals surface area contributed by atoms with Crippen LogP contribution >= 0.6 is 0 Å². The lowest BCUT2D eigenvalue weighted by atomic mass is 10.2. The van der Waals surface area contributed by atoms with Gasteiger partial charge in [-0.2, -0.15) is 0 Å². The number of anilines is 1. The summed E-state index contributed by atoms with van der Waals surface area (Å²) in [5.74, 6) is 1.17. The van der Waals surface area contributed by atoms with Gasteiger partial charge in [-0.1, -0.05) is 18.2 Å². The van der Waals surface area contributed by atoms with Gasteiger partial charge in [-0.05, 0) is 24.6 Å². The molecule has 0 aliphatic heterocycles. The van der Waals surface area contributed by atoms with E-state index in [1.54, 1.807) is 13.4 Å². The Morgan fingerprint density at radius 3 is 2.85 bits per heavy atom. The molecule has 0 bridgehead atoms. The average molecular weight is 273 g/mol. The molecule has 5 heteroatoms. The minimum Gasteiger partial charge on any atom is -0.467 e. The van der Waals surface area contributed by atoms with E-state index in [4.69, 9.17) is 14.9 Å². The van der Waals surface area contributed by atoms with E-state index in [2.05, 4.69) is 10.3 Å². The summed E-state index contributed by atoms with van der Waals surface area (Å²) in [4.78, 5) is 4.27. The Bertz CT molecular complexity index is 590. The molecular weight excluding hydrogens is 254 g/mol. The van der Waals surface area contributed by atoms with Crippen molar-refractivity contribution in [1.29, 1.82) is 0 Å². The van der Waals surface area contributed by atoms with Crippen LogP contribution in [-0.2, 0) is 17.9 Å². The number of rotatable bonds is 5. The van der Waals surface area contributed by atoms with Crippen LogP contribution in [-0.4, -0.2) is 13.1 Å². The van der Waals surface area contributed by atoms with E-state index in [0.717, 1.165) is 22.6 Å². The van der Waals surface area contributed by atoms with Crippen LogP contribution in [0.3, 0.4) is 0 Å². The molecular formula is C15H19N3O2. The van der Waals surface area contributed by atoms with E-state index in [1.807, 2.05) is 37.3 Å². The van der Waals surface area contributed by atoms with Crippen LogP contribution in [0.4, 0.5) is 5.69 Å². The van der Waals surface area contributed by atoms with E-state index < -0.39 is 0 Å². The fraction of sp³-hybridized carbons (Fsp3) is 0.267. The Morgan fingerprint density at radius 2 is 2.15 bits per heavy atom. The van der Waals surface area contributed by atoms with Crippen molar-refractivity contribution in [2.45, 2.75) is 20.1 Å². The third-order valence-electron chi connectivity index (χ3n) is 2.94. The third-order valence-corrected chi connectivity index (χ3v) is 2.94. The summed E-state index contributed by atoms with van der Waals surface area (Å²) in [7, 11) is 1.66. The number of furan rings is 1. The number of nitrogens with one attached hydrogen (secondary N) is 1. The average Bonchev–Trinajstić information content (AvgIpc) is 2.84. The Hall–Kier alpha value is -2.27. The maximum atomic E-state index is 5.89. The van der Waals surface area contributed by atoms with Gasteiger partial charge in [0.05, 0.1) is 12.9 Å². The molecule has 5 nitrogen and oxygen atoms in total. The maximum absolute atomic E-state index is 5.89. The van der Waals surface area contributed by atoms with E-state index >= 15 is 0 Å². The molecule has 1 aromatic heterocycles. The second-order valence-corrected chi connectivity index (χ2v) is 4.44. The predicted molar refractivity (Wildman–Crippen MR) is 79.5 cm³/mol. The molecule has 0 unspecified atom stereocenters. The zero-order valence-electron chi connectivity index (χ0n) is 11.7. The highest BCUT2D eigenvalue weighted by Gasteiger charge is 2.04. The van der Waals surface area contributed by atoms with Gasteiger partial charge in [0.2, 0.25) is 0 Å². The fourth-order valence-corrected chi connectivity index (χ4v) is 1.82. The molecule has 0 spiro atoms. The molecule has 0 saturated heterocycles. The minimum atomic E-state index is 0.351. The smallest absolute Gasteiger partial charge is 0.193 e. The topological polar surface area (TPSA) is 72.8 Å². The molecule has 0 aliphatic rings. The monoisotopic (exact) mass is 273 g/mol. The predicted octanol–water partition coefficient (Wildman–Crippen LogP) is 2.66. The van der Waals surface area contributed by atoms with Crippen molar-refractivity contribution in [3.63, 3.8) is 0 Å². The highest BCUT2D eigenvalue weighted by Crippen LogP contribution is 2.15. The number of nitrogens with zero attached hydrogens (tertiary/aromatic N) is 1. The summed E-state index contributed by atoms with van der Waals surface area (Å²) in [6.45, 7) is 2.92. The first kappa shape index (κ1) is 14.1. The van der Waals surface area contributed by atoms with Gasteiger partial charge in [-0.15, -0.1) is 0 Å². The minimum absolute atomic E-state index is 0.351. The molecule has 2 rings (SSSR count). The van der Waals surface area contributed by atoms with Crippen molar-refractivity contribution in [3.8, 4) is 0 Å². The summed E-state index contributed by atoms with van der Waals surface area (Å²) >= 11 is 0. The quantitative estimate of drug-likeness (QED) is 0.649. The van der Waals surface area contributed by atoms with Gasteiger partial charge in [0.15, 0.2) is 5.96 Å². The molecule has 0 atom stereocenters. The van der Waals surface area contributed by atoms with Crippen LogP contribution in [0.2, 0.25) is 0 Å². The lowest BCUT2D eigenvalue weighted by molar-refractivity contribution is 0.185. The van der Waals surface area contributed by atoms with Gasteiger partial charge in [0.1, 0.15) is 12.3 Å². The van der Waals surface area contributed by atoms with E-state index in [1.165, 1.54) is 0 Å². The second-order valence-electron chi connectivity index (χ2n) is 4.44. The Labute approximate surface area is 118 Å². The highest BCUT2D eigenvalue weighted by molar-refractivity contribution is 5.92. The Balaban J connectivity index is 2.04. The molecule has 3 N–H and O–H groups in total. The molecule has 0 radical (unpaired) electrons. The molecule has 1 aromatic carbocycles. The fourth-order valence-electron chi connectivity index (χ4n) is 1.82. The highest BCUT2D eigenvalue weighted by atomic mass is 16.5. The lowest BCUT2D eigenvalue weighted by Crippen LogP contribution is -2.23. The maximum Gasteiger partial charge on any atom is 0.193 e. The normalized spacial score (nSPS) is 11.6. The molecule has 20 heavy (non-hydrogen) atoms. The van der Waals surface area contributed by atoms with Crippen LogP contribution in [0, 0.1) is 6.92 Å². The second kappa shape index (κ2) is 6.77. The Morgan fingerprint density at radius 1 is 1.35 bits per heavy atom. The number of aryl methyl sites for hydroxylation is 1. The van der Waals surface area contributed by atoms with Crippen LogP contribution in [0.25, 0.3) is 0 Å². The third kappa shape index (κ3) is 3.61. The number of methoxy groups -OCH3 is 1. The molecule has 2 aromatic rings. The first-order chi connectivity index (χ1) is 9.70. The first-order valence-electron chi connectivity index (χ1n) is 6.37. The number of nitrogens with two attached hydrogens (primary N) is 1. The van der Waals surface area contributed by atoms with Crippen molar-refractivity contribution in [3.05, 3.63) is 53.5 Å². The largest absolute Gasteiger partial charge is 0.467 e.